The molecule has 0 fully saturated rings. The van der Waals surface area contributed by atoms with Gasteiger partial charge >= 0.3 is 0 Å². The zero-order valence-corrected chi connectivity index (χ0v) is 14.4. The molecule has 0 aliphatic rings. The van der Waals surface area contributed by atoms with Crippen molar-refractivity contribution in [2.45, 2.75) is 4.90 Å². The number of hydrogen-bond donors (Lipinski definition) is 3. The molecule has 0 saturated heterocycles. The van der Waals surface area contributed by atoms with Gasteiger partial charge in [-0.15, -0.1) is 0 Å². The molecule has 0 radical (unpaired) electrons. The summed E-state index contributed by atoms with van der Waals surface area (Å²) in [6, 6.07) is 13.7. The average molecular weight is 373 g/mol. The normalized spacial score (nSPS) is 11.3. The number of hydrogen-bond acceptors (Lipinski definition) is 6. The van der Waals surface area contributed by atoms with E-state index in [1.807, 2.05) is 0 Å². The van der Waals surface area contributed by atoms with E-state index in [1.54, 1.807) is 30.3 Å². The number of benzene rings is 2. The first-order chi connectivity index (χ1) is 12.3. The highest BCUT2D eigenvalue weighted by Crippen LogP contribution is 2.23. The zero-order valence-electron chi connectivity index (χ0n) is 13.6. The maximum Gasteiger partial charge on any atom is 0.294 e. The van der Waals surface area contributed by atoms with Crippen LogP contribution in [-0.4, -0.2) is 26.0 Å². The summed E-state index contributed by atoms with van der Waals surface area (Å²) >= 11 is 0. The first-order valence-electron chi connectivity index (χ1n) is 7.24. The molecule has 0 atom stereocenters. The quantitative estimate of drug-likeness (QED) is 0.403. The van der Waals surface area contributed by atoms with Crippen LogP contribution in [0.4, 0.5) is 11.4 Å². The molecular formula is C17H15N3O5S. The van der Waals surface area contributed by atoms with E-state index in [0.29, 0.717) is 11.4 Å². The first kappa shape index (κ1) is 19.0. The van der Waals surface area contributed by atoms with E-state index in [1.165, 1.54) is 31.5 Å². The number of carbonyl (C=O) groups excluding carboxylic acids is 1. The van der Waals surface area contributed by atoms with Gasteiger partial charge < -0.3 is 15.4 Å². The van der Waals surface area contributed by atoms with Crippen LogP contribution in [0.1, 0.15) is 0 Å². The SMILES string of the molecule is COc1ccccc1N/C=C(/C#N)C(=O)Nc1cccc(S(=O)(=O)O)c1. The van der Waals surface area contributed by atoms with E-state index in [0.717, 1.165) is 6.07 Å². The number of nitrogens with one attached hydrogen (secondary N) is 2. The second kappa shape index (κ2) is 8.15. The number of carbonyl (C=O) groups is 1. The predicted molar refractivity (Wildman–Crippen MR) is 95.2 cm³/mol. The smallest absolute Gasteiger partial charge is 0.294 e. The Morgan fingerprint density at radius 2 is 1.96 bits per heavy atom. The Labute approximate surface area is 150 Å². The predicted octanol–water partition coefficient (Wildman–Crippen LogP) is 2.40. The fourth-order valence-electron chi connectivity index (χ4n) is 2.00. The number of nitriles is 1. The van der Waals surface area contributed by atoms with Gasteiger partial charge in [0.1, 0.15) is 17.4 Å². The molecule has 2 aromatic carbocycles. The third kappa shape index (κ3) is 4.83. The molecule has 0 saturated carbocycles. The zero-order chi connectivity index (χ0) is 19.2. The molecule has 0 heterocycles. The molecule has 3 N–H and O–H groups in total. The maximum absolute atomic E-state index is 12.2. The van der Waals surface area contributed by atoms with Crippen LogP contribution >= 0.6 is 0 Å². The van der Waals surface area contributed by atoms with Crippen LogP contribution in [0.5, 0.6) is 5.75 Å². The minimum Gasteiger partial charge on any atom is -0.495 e. The van der Waals surface area contributed by atoms with Crippen molar-refractivity contribution in [3.05, 3.63) is 60.3 Å². The summed E-state index contributed by atoms with van der Waals surface area (Å²) in [5.74, 6) is -0.218. The van der Waals surface area contributed by atoms with Gasteiger partial charge in [-0.1, -0.05) is 18.2 Å². The monoisotopic (exact) mass is 373 g/mol. The molecule has 8 nitrogen and oxygen atoms in total. The van der Waals surface area contributed by atoms with Crippen molar-refractivity contribution in [2.75, 3.05) is 17.7 Å². The van der Waals surface area contributed by atoms with Gasteiger partial charge in [0.15, 0.2) is 0 Å². The molecule has 0 aliphatic heterocycles. The lowest BCUT2D eigenvalue weighted by Gasteiger charge is -2.08. The summed E-state index contributed by atoms with van der Waals surface area (Å²) in [5, 5.41) is 14.4. The Balaban J connectivity index is 2.18. The minimum absolute atomic E-state index is 0.114. The van der Waals surface area contributed by atoms with Crippen molar-refractivity contribution >= 4 is 27.4 Å². The van der Waals surface area contributed by atoms with E-state index in [4.69, 9.17) is 9.29 Å². The molecular weight excluding hydrogens is 358 g/mol. The fourth-order valence-corrected chi connectivity index (χ4v) is 2.52. The fraction of sp³-hybridized carbons (Fsp3) is 0.0588. The highest BCUT2D eigenvalue weighted by Gasteiger charge is 2.13. The van der Waals surface area contributed by atoms with Gasteiger partial charge in [0.25, 0.3) is 16.0 Å². The molecule has 2 aromatic rings. The topological polar surface area (TPSA) is 129 Å². The van der Waals surface area contributed by atoms with Crippen LogP contribution in [0.25, 0.3) is 0 Å². The van der Waals surface area contributed by atoms with Crippen molar-refractivity contribution in [1.82, 2.24) is 0 Å². The summed E-state index contributed by atoms with van der Waals surface area (Å²) in [6.45, 7) is 0. The number of amides is 1. The number of rotatable bonds is 6. The molecule has 0 aromatic heterocycles. The number of nitrogens with zero attached hydrogens (tertiary/aromatic N) is 1. The summed E-state index contributed by atoms with van der Waals surface area (Å²) in [4.78, 5) is 11.8. The Bertz CT molecular complexity index is 993. The summed E-state index contributed by atoms with van der Waals surface area (Å²) in [7, 11) is -2.91. The molecule has 0 bridgehead atoms. The van der Waals surface area contributed by atoms with Gasteiger partial charge in [-0.05, 0) is 30.3 Å². The molecule has 1 amide bonds. The second-order valence-corrected chi connectivity index (χ2v) is 6.39. The van der Waals surface area contributed by atoms with Crippen LogP contribution in [0.3, 0.4) is 0 Å². The van der Waals surface area contributed by atoms with Crippen LogP contribution in [-0.2, 0) is 14.9 Å². The van der Waals surface area contributed by atoms with Gasteiger partial charge in [-0.3, -0.25) is 9.35 Å². The molecule has 26 heavy (non-hydrogen) atoms. The van der Waals surface area contributed by atoms with Crippen molar-refractivity contribution in [3.8, 4) is 11.8 Å². The molecule has 9 heteroatoms. The maximum atomic E-state index is 12.2. The minimum atomic E-state index is -4.40. The summed E-state index contributed by atoms with van der Waals surface area (Å²) in [5.41, 5.74) is 0.431. The average Bonchev–Trinajstić information content (AvgIpc) is 2.62. The van der Waals surface area contributed by atoms with Crippen molar-refractivity contribution in [1.29, 1.82) is 5.26 Å². The van der Waals surface area contributed by atoms with Gasteiger partial charge in [-0.25, -0.2) is 0 Å². The molecule has 134 valence electrons. The number of methoxy groups -OCH3 is 1. The van der Waals surface area contributed by atoms with E-state index in [2.05, 4.69) is 10.6 Å². The third-order valence-electron chi connectivity index (χ3n) is 3.23. The van der Waals surface area contributed by atoms with Gasteiger partial charge in [-0.2, -0.15) is 13.7 Å². The van der Waals surface area contributed by atoms with Gasteiger partial charge in [0.2, 0.25) is 0 Å². The highest BCUT2D eigenvalue weighted by atomic mass is 32.2. The molecule has 0 unspecified atom stereocenters. The lowest BCUT2D eigenvalue weighted by atomic mass is 10.2. The number of ether oxygens (including phenoxy) is 1. The van der Waals surface area contributed by atoms with Crippen LogP contribution in [0.2, 0.25) is 0 Å². The Morgan fingerprint density at radius 1 is 1.23 bits per heavy atom. The van der Waals surface area contributed by atoms with Crippen LogP contribution in [0, 0.1) is 11.3 Å². The van der Waals surface area contributed by atoms with Gasteiger partial charge in [0.05, 0.1) is 17.7 Å². The Morgan fingerprint density at radius 3 is 2.62 bits per heavy atom. The highest BCUT2D eigenvalue weighted by molar-refractivity contribution is 7.85. The van der Waals surface area contributed by atoms with E-state index < -0.39 is 16.0 Å². The van der Waals surface area contributed by atoms with Crippen LogP contribution in [0.15, 0.2) is 65.2 Å². The van der Waals surface area contributed by atoms with E-state index in [9.17, 15) is 18.5 Å². The lowest BCUT2D eigenvalue weighted by molar-refractivity contribution is -0.112. The van der Waals surface area contributed by atoms with Crippen LogP contribution < -0.4 is 15.4 Å². The van der Waals surface area contributed by atoms with Gasteiger partial charge in [0, 0.05) is 11.9 Å². The molecule has 0 spiro atoms. The largest absolute Gasteiger partial charge is 0.495 e. The number of para-hydroxylation sites is 2. The van der Waals surface area contributed by atoms with E-state index >= 15 is 0 Å². The Kier molecular flexibility index (Phi) is 5.95. The van der Waals surface area contributed by atoms with Crippen molar-refractivity contribution < 1.29 is 22.5 Å². The van der Waals surface area contributed by atoms with Crippen molar-refractivity contribution in [2.24, 2.45) is 0 Å². The molecule has 0 aliphatic carbocycles. The second-order valence-electron chi connectivity index (χ2n) is 4.97. The molecule has 2 rings (SSSR count). The van der Waals surface area contributed by atoms with E-state index in [-0.39, 0.29) is 16.2 Å². The third-order valence-corrected chi connectivity index (χ3v) is 4.08. The Hall–Kier alpha value is -3.35. The lowest BCUT2D eigenvalue weighted by Crippen LogP contribution is -2.15. The standard InChI is InChI=1S/C17H15N3O5S/c1-25-16-8-3-2-7-15(16)19-11-12(10-18)17(21)20-13-5-4-6-14(9-13)26(22,23)24/h2-9,11,19H,1H3,(H,20,21)(H,22,23,24)/b12-11-. The summed E-state index contributed by atoms with van der Waals surface area (Å²) in [6.07, 6.45) is 1.21. The summed E-state index contributed by atoms with van der Waals surface area (Å²) < 4.78 is 36.5. The van der Waals surface area contributed by atoms with Crippen molar-refractivity contribution in [3.63, 3.8) is 0 Å². The number of anilines is 2. The first-order valence-corrected chi connectivity index (χ1v) is 8.68.